The maximum atomic E-state index is 12.1. The van der Waals surface area contributed by atoms with Gasteiger partial charge in [0.25, 0.3) is 5.91 Å². The Balaban J connectivity index is 1.64. The molecule has 3 fully saturated rings. The Morgan fingerprint density at radius 1 is 1.38 bits per heavy atom. The minimum atomic E-state index is -4.37. The van der Waals surface area contributed by atoms with Gasteiger partial charge >= 0.3 is 6.18 Å². The van der Waals surface area contributed by atoms with Crippen molar-refractivity contribution in [1.29, 1.82) is 0 Å². The molecule has 21 heavy (non-hydrogen) atoms. The van der Waals surface area contributed by atoms with Crippen LogP contribution < -0.4 is 10.1 Å². The Morgan fingerprint density at radius 2 is 2.05 bits per heavy atom. The molecule has 0 aromatic heterocycles. The van der Waals surface area contributed by atoms with Crippen LogP contribution in [0.4, 0.5) is 13.2 Å². The lowest BCUT2D eigenvalue weighted by molar-refractivity contribution is -0.153. The average molecular weight is 411 g/mol. The lowest BCUT2D eigenvalue weighted by atomic mass is 9.50. The summed E-state index contributed by atoms with van der Waals surface area (Å²) >= 11 is 1.87. The monoisotopic (exact) mass is 411 g/mol. The van der Waals surface area contributed by atoms with E-state index in [4.69, 9.17) is 4.74 Å². The molecule has 3 aliphatic carbocycles. The third-order valence-corrected chi connectivity index (χ3v) is 4.85. The summed E-state index contributed by atoms with van der Waals surface area (Å²) in [6, 6.07) is 4.45. The van der Waals surface area contributed by atoms with Gasteiger partial charge in [-0.25, -0.2) is 0 Å². The van der Waals surface area contributed by atoms with Crippen molar-refractivity contribution in [3.8, 4) is 5.75 Å². The molecule has 1 aromatic rings. The minimum Gasteiger partial charge on any atom is -0.483 e. The van der Waals surface area contributed by atoms with Gasteiger partial charge in [0.2, 0.25) is 0 Å². The van der Waals surface area contributed by atoms with Crippen molar-refractivity contribution < 1.29 is 22.7 Å². The van der Waals surface area contributed by atoms with Gasteiger partial charge < -0.3 is 10.1 Å². The molecular weight excluding hydrogens is 398 g/mol. The molecule has 0 radical (unpaired) electrons. The number of benzene rings is 1. The SMILES string of the molecule is O=C(NC12CC(C1)C2)c1ccc(OCC(F)(F)F)c(I)c1. The van der Waals surface area contributed by atoms with E-state index in [2.05, 4.69) is 5.32 Å². The summed E-state index contributed by atoms with van der Waals surface area (Å²) in [4.78, 5) is 12.1. The first-order valence-electron chi connectivity index (χ1n) is 6.58. The van der Waals surface area contributed by atoms with Gasteiger partial charge in [-0.2, -0.15) is 13.2 Å². The van der Waals surface area contributed by atoms with E-state index < -0.39 is 12.8 Å². The van der Waals surface area contributed by atoms with Gasteiger partial charge in [-0.15, -0.1) is 0 Å². The molecule has 1 N–H and O–H groups in total. The van der Waals surface area contributed by atoms with E-state index in [1.165, 1.54) is 12.1 Å². The summed E-state index contributed by atoms with van der Waals surface area (Å²) in [5.74, 6) is 0.729. The molecule has 0 aliphatic heterocycles. The summed E-state index contributed by atoms with van der Waals surface area (Å²) in [6.45, 7) is -1.33. The number of ether oxygens (including phenoxy) is 1. The maximum absolute atomic E-state index is 12.1. The van der Waals surface area contributed by atoms with Crippen LogP contribution in [0.2, 0.25) is 0 Å². The highest BCUT2D eigenvalue weighted by Crippen LogP contribution is 2.57. The van der Waals surface area contributed by atoms with Gasteiger partial charge in [-0.3, -0.25) is 4.79 Å². The van der Waals surface area contributed by atoms with Crippen molar-refractivity contribution in [2.75, 3.05) is 6.61 Å². The van der Waals surface area contributed by atoms with Crippen LogP contribution in [0.1, 0.15) is 29.6 Å². The van der Waals surface area contributed by atoms with Crippen molar-refractivity contribution in [3.05, 3.63) is 27.3 Å². The second-order valence-corrected chi connectivity index (χ2v) is 6.92. The van der Waals surface area contributed by atoms with Crippen LogP contribution in [0.5, 0.6) is 5.75 Å². The predicted molar refractivity (Wildman–Crippen MR) is 78.2 cm³/mol. The van der Waals surface area contributed by atoms with E-state index in [1.54, 1.807) is 6.07 Å². The topological polar surface area (TPSA) is 38.3 Å². The first kappa shape index (κ1) is 14.9. The fourth-order valence-electron chi connectivity index (χ4n) is 2.86. The van der Waals surface area contributed by atoms with Gasteiger partial charge in [-0.1, -0.05) is 0 Å². The average Bonchev–Trinajstić information content (AvgIpc) is 2.29. The van der Waals surface area contributed by atoms with Gasteiger partial charge in [0, 0.05) is 11.1 Å². The van der Waals surface area contributed by atoms with Crippen LogP contribution in [-0.4, -0.2) is 24.2 Å². The van der Waals surface area contributed by atoms with Gasteiger partial charge in [0.05, 0.1) is 3.57 Å². The molecule has 114 valence electrons. The lowest BCUT2D eigenvalue weighted by Crippen LogP contribution is -2.68. The van der Waals surface area contributed by atoms with Crippen molar-refractivity contribution in [2.45, 2.75) is 31.0 Å². The van der Waals surface area contributed by atoms with Crippen molar-refractivity contribution in [2.24, 2.45) is 5.92 Å². The molecular formula is C14H13F3INO2. The molecule has 1 amide bonds. The summed E-state index contributed by atoms with van der Waals surface area (Å²) in [5.41, 5.74) is 0.432. The van der Waals surface area contributed by atoms with E-state index in [-0.39, 0.29) is 17.2 Å². The summed E-state index contributed by atoms with van der Waals surface area (Å²) < 4.78 is 41.6. The molecule has 7 heteroatoms. The van der Waals surface area contributed by atoms with E-state index >= 15 is 0 Å². The van der Waals surface area contributed by atoms with Crippen LogP contribution in [0.15, 0.2) is 18.2 Å². The standard InChI is InChI=1S/C14H13F3INO2/c15-14(16,17)7-21-11-2-1-9(3-10(11)18)12(20)19-13-4-8(5-13)6-13/h1-3,8H,4-7H2,(H,19,20). The van der Waals surface area contributed by atoms with Crippen LogP contribution in [0.3, 0.4) is 0 Å². The van der Waals surface area contributed by atoms with Crippen molar-refractivity contribution >= 4 is 28.5 Å². The fourth-order valence-corrected chi connectivity index (χ4v) is 3.53. The number of carbonyl (C=O) groups excluding carboxylic acids is 1. The van der Waals surface area contributed by atoms with E-state index in [0.717, 1.165) is 25.2 Å². The highest BCUT2D eigenvalue weighted by molar-refractivity contribution is 14.1. The highest BCUT2D eigenvalue weighted by atomic mass is 127. The number of rotatable bonds is 4. The Bertz CT molecular complexity index is 571. The van der Waals surface area contributed by atoms with Crippen LogP contribution in [0, 0.1) is 9.49 Å². The van der Waals surface area contributed by atoms with E-state index in [0.29, 0.717) is 9.13 Å². The normalized spacial score (nSPS) is 26.6. The molecule has 4 rings (SSSR count). The van der Waals surface area contributed by atoms with E-state index in [9.17, 15) is 18.0 Å². The summed E-state index contributed by atoms with van der Waals surface area (Å²) in [7, 11) is 0. The second-order valence-electron chi connectivity index (χ2n) is 5.76. The van der Waals surface area contributed by atoms with Crippen molar-refractivity contribution in [3.63, 3.8) is 0 Å². The molecule has 0 heterocycles. The minimum absolute atomic E-state index is 0.0152. The van der Waals surface area contributed by atoms with Crippen LogP contribution in [-0.2, 0) is 0 Å². The predicted octanol–water partition coefficient (Wildman–Crippen LogP) is 3.51. The first-order valence-corrected chi connectivity index (χ1v) is 7.66. The Kier molecular flexibility index (Phi) is 3.58. The molecule has 3 nitrogen and oxygen atoms in total. The zero-order valence-corrected chi connectivity index (χ0v) is 13.1. The number of carbonyl (C=O) groups is 1. The van der Waals surface area contributed by atoms with Gasteiger partial charge in [0.1, 0.15) is 5.75 Å². The Labute approximate surface area is 133 Å². The molecule has 2 bridgehead atoms. The third kappa shape index (κ3) is 3.12. The molecule has 3 aliphatic rings. The van der Waals surface area contributed by atoms with Crippen molar-refractivity contribution in [1.82, 2.24) is 5.32 Å². The molecule has 0 saturated heterocycles. The summed E-state index contributed by atoms with van der Waals surface area (Å²) in [5, 5.41) is 3.01. The highest BCUT2D eigenvalue weighted by Gasteiger charge is 2.57. The summed E-state index contributed by atoms with van der Waals surface area (Å²) in [6.07, 6.45) is -1.24. The van der Waals surface area contributed by atoms with Gasteiger partial charge in [0.15, 0.2) is 6.61 Å². The molecule has 0 spiro atoms. The van der Waals surface area contributed by atoms with Crippen LogP contribution >= 0.6 is 22.6 Å². The number of hydrogen-bond acceptors (Lipinski definition) is 2. The number of amides is 1. The molecule has 3 saturated carbocycles. The number of alkyl halides is 3. The Hall–Kier alpha value is -0.990. The number of nitrogens with one attached hydrogen (secondary N) is 1. The molecule has 1 aromatic carbocycles. The lowest BCUT2D eigenvalue weighted by Gasteiger charge is -2.61. The number of halogens is 4. The van der Waals surface area contributed by atoms with E-state index in [1.807, 2.05) is 22.6 Å². The second kappa shape index (κ2) is 5.03. The zero-order chi connectivity index (χ0) is 15.3. The fraction of sp³-hybridized carbons (Fsp3) is 0.500. The van der Waals surface area contributed by atoms with Crippen LogP contribution in [0.25, 0.3) is 0 Å². The maximum Gasteiger partial charge on any atom is 0.422 e. The number of hydrogen-bond donors (Lipinski definition) is 1. The third-order valence-electron chi connectivity index (χ3n) is 4.00. The first-order chi connectivity index (χ1) is 9.76. The molecule has 0 unspecified atom stereocenters. The van der Waals surface area contributed by atoms with Gasteiger partial charge in [-0.05, 0) is 66.0 Å². The molecule has 0 atom stereocenters. The zero-order valence-electron chi connectivity index (χ0n) is 11.0. The smallest absolute Gasteiger partial charge is 0.422 e. The largest absolute Gasteiger partial charge is 0.483 e. The Morgan fingerprint density at radius 3 is 2.52 bits per heavy atom. The quantitative estimate of drug-likeness (QED) is 0.771.